The molecule has 2 aliphatic rings. The first kappa shape index (κ1) is 25.2. The van der Waals surface area contributed by atoms with E-state index in [0.717, 1.165) is 37.7 Å². The maximum Gasteiger partial charge on any atom is 0.314 e. The SMILES string of the molecule is CN(c1ccc(F)cc1N(C=O)Cc1ccc(-c2nnc(C(F)F)o2)cn1)C1CCN(C2CCC2)CC1. The van der Waals surface area contributed by atoms with E-state index in [1.165, 1.54) is 42.5 Å². The summed E-state index contributed by atoms with van der Waals surface area (Å²) >= 11 is 0. The Labute approximate surface area is 213 Å². The number of benzene rings is 1. The van der Waals surface area contributed by atoms with Gasteiger partial charge >= 0.3 is 6.43 Å². The van der Waals surface area contributed by atoms with Crippen LogP contribution in [-0.4, -0.2) is 58.7 Å². The lowest BCUT2D eigenvalue weighted by atomic mass is 9.89. The summed E-state index contributed by atoms with van der Waals surface area (Å²) in [7, 11) is 1.99. The van der Waals surface area contributed by atoms with E-state index in [2.05, 4.69) is 25.0 Å². The molecule has 1 amide bonds. The number of rotatable bonds is 9. The summed E-state index contributed by atoms with van der Waals surface area (Å²) in [4.78, 5) is 22.6. The van der Waals surface area contributed by atoms with Gasteiger partial charge in [-0.1, -0.05) is 6.42 Å². The van der Waals surface area contributed by atoms with E-state index in [0.29, 0.717) is 29.4 Å². The molecule has 1 saturated heterocycles. The number of carbonyl (C=O) groups excluding carboxylic acids is 1. The Balaban J connectivity index is 1.30. The van der Waals surface area contributed by atoms with Gasteiger partial charge in [0.25, 0.3) is 5.89 Å². The molecular weight excluding hydrogens is 485 g/mol. The summed E-state index contributed by atoms with van der Waals surface area (Å²) in [5, 5.41) is 6.93. The summed E-state index contributed by atoms with van der Waals surface area (Å²) in [5.74, 6) is -1.27. The minimum absolute atomic E-state index is 0.0704. The summed E-state index contributed by atoms with van der Waals surface area (Å²) in [6.07, 6.45) is 5.13. The van der Waals surface area contributed by atoms with Gasteiger partial charge in [-0.2, -0.15) is 8.78 Å². The molecule has 8 nitrogen and oxygen atoms in total. The Morgan fingerprint density at radius 3 is 2.49 bits per heavy atom. The monoisotopic (exact) mass is 514 g/mol. The number of alkyl halides is 2. The average Bonchev–Trinajstić information content (AvgIpc) is 3.38. The maximum absolute atomic E-state index is 14.3. The third-order valence-corrected chi connectivity index (χ3v) is 7.42. The van der Waals surface area contributed by atoms with Crippen molar-refractivity contribution < 1.29 is 22.4 Å². The predicted octanol–water partition coefficient (Wildman–Crippen LogP) is 4.82. The van der Waals surface area contributed by atoms with Crippen LogP contribution >= 0.6 is 0 Å². The van der Waals surface area contributed by atoms with Gasteiger partial charge in [0.15, 0.2) is 0 Å². The molecule has 0 unspecified atom stereocenters. The van der Waals surface area contributed by atoms with Crippen LogP contribution in [-0.2, 0) is 11.3 Å². The third kappa shape index (κ3) is 5.46. The molecule has 0 radical (unpaired) electrons. The van der Waals surface area contributed by atoms with Crippen LogP contribution in [0.4, 0.5) is 24.5 Å². The molecule has 1 aromatic carbocycles. The minimum atomic E-state index is -2.86. The van der Waals surface area contributed by atoms with Crippen molar-refractivity contribution in [1.29, 1.82) is 0 Å². The number of hydrogen-bond donors (Lipinski definition) is 0. The predicted molar refractivity (Wildman–Crippen MR) is 132 cm³/mol. The summed E-state index contributed by atoms with van der Waals surface area (Å²) in [6.45, 7) is 2.19. The molecule has 2 aromatic heterocycles. The van der Waals surface area contributed by atoms with E-state index >= 15 is 0 Å². The lowest BCUT2D eigenvalue weighted by molar-refractivity contribution is -0.107. The van der Waals surface area contributed by atoms with Crippen LogP contribution in [0.1, 0.15) is 50.1 Å². The van der Waals surface area contributed by atoms with E-state index in [-0.39, 0.29) is 12.4 Å². The zero-order valence-corrected chi connectivity index (χ0v) is 20.6. The lowest BCUT2D eigenvalue weighted by Crippen LogP contribution is -2.49. The molecule has 0 atom stereocenters. The van der Waals surface area contributed by atoms with Crippen molar-refractivity contribution in [3.8, 4) is 11.5 Å². The molecular formula is C26H29F3N6O2. The number of aromatic nitrogens is 3. The number of nitrogens with zero attached hydrogens (tertiary/aromatic N) is 6. The second kappa shape index (κ2) is 10.9. The van der Waals surface area contributed by atoms with Gasteiger partial charge in [-0.3, -0.25) is 9.78 Å². The van der Waals surface area contributed by atoms with Gasteiger partial charge in [-0.15, -0.1) is 10.2 Å². The maximum atomic E-state index is 14.3. The highest BCUT2D eigenvalue weighted by Crippen LogP contribution is 2.35. The molecule has 0 bridgehead atoms. The quantitative estimate of drug-likeness (QED) is 0.379. The van der Waals surface area contributed by atoms with Crippen LogP contribution in [0.15, 0.2) is 40.9 Å². The van der Waals surface area contributed by atoms with Crippen LogP contribution < -0.4 is 9.80 Å². The van der Waals surface area contributed by atoms with Crippen molar-refractivity contribution in [2.45, 2.75) is 57.2 Å². The molecule has 3 aromatic rings. The Bertz CT molecular complexity index is 1210. The van der Waals surface area contributed by atoms with Crippen molar-refractivity contribution in [3.63, 3.8) is 0 Å². The van der Waals surface area contributed by atoms with Gasteiger partial charge in [0.2, 0.25) is 12.3 Å². The first-order valence-corrected chi connectivity index (χ1v) is 12.5. The smallest absolute Gasteiger partial charge is 0.314 e. The van der Waals surface area contributed by atoms with Gasteiger partial charge in [0.1, 0.15) is 5.82 Å². The van der Waals surface area contributed by atoms with Crippen LogP contribution in [0, 0.1) is 5.82 Å². The van der Waals surface area contributed by atoms with Crippen molar-refractivity contribution in [3.05, 3.63) is 53.9 Å². The highest BCUT2D eigenvalue weighted by molar-refractivity contribution is 5.84. The molecule has 1 aliphatic heterocycles. The second-order valence-electron chi connectivity index (χ2n) is 9.61. The fraction of sp³-hybridized carbons (Fsp3) is 0.462. The highest BCUT2D eigenvalue weighted by atomic mass is 19.3. The number of piperidine rings is 1. The van der Waals surface area contributed by atoms with Crippen LogP contribution in [0.5, 0.6) is 0 Å². The van der Waals surface area contributed by atoms with Crippen LogP contribution in [0.25, 0.3) is 11.5 Å². The van der Waals surface area contributed by atoms with E-state index in [9.17, 15) is 18.0 Å². The Morgan fingerprint density at radius 2 is 1.89 bits per heavy atom. The third-order valence-electron chi connectivity index (χ3n) is 7.42. The number of carbonyl (C=O) groups is 1. The zero-order valence-electron chi connectivity index (χ0n) is 20.6. The van der Waals surface area contributed by atoms with Crippen molar-refractivity contribution in [2.75, 3.05) is 29.9 Å². The van der Waals surface area contributed by atoms with E-state index in [4.69, 9.17) is 4.42 Å². The van der Waals surface area contributed by atoms with Crippen LogP contribution in [0.2, 0.25) is 0 Å². The first-order chi connectivity index (χ1) is 17.9. The van der Waals surface area contributed by atoms with Crippen molar-refractivity contribution in [2.24, 2.45) is 0 Å². The topological polar surface area (TPSA) is 78.6 Å². The van der Waals surface area contributed by atoms with E-state index in [1.54, 1.807) is 18.2 Å². The number of anilines is 2. The molecule has 196 valence electrons. The van der Waals surface area contributed by atoms with Gasteiger partial charge < -0.3 is 19.1 Å². The Hall–Kier alpha value is -3.47. The highest BCUT2D eigenvalue weighted by Gasteiger charge is 2.31. The van der Waals surface area contributed by atoms with Crippen molar-refractivity contribution in [1.82, 2.24) is 20.1 Å². The summed E-state index contributed by atoms with van der Waals surface area (Å²) in [5.41, 5.74) is 2.14. The van der Waals surface area contributed by atoms with Gasteiger partial charge in [-0.05, 0) is 56.0 Å². The summed E-state index contributed by atoms with van der Waals surface area (Å²) in [6, 6.07) is 8.74. The Morgan fingerprint density at radius 1 is 1.11 bits per heavy atom. The normalized spacial score (nSPS) is 17.1. The molecule has 3 heterocycles. The Kier molecular flexibility index (Phi) is 7.40. The van der Waals surface area contributed by atoms with Crippen molar-refractivity contribution >= 4 is 17.8 Å². The molecule has 2 fully saturated rings. The first-order valence-electron chi connectivity index (χ1n) is 12.5. The number of likely N-dealkylation sites (tertiary alicyclic amines) is 1. The largest absolute Gasteiger partial charge is 0.415 e. The number of amides is 1. The molecule has 5 rings (SSSR count). The van der Waals surface area contributed by atoms with Gasteiger partial charge in [0, 0.05) is 38.4 Å². The van der Waals surface area contributed by atoms with Crippen LogP contribution in [0.3, 0.4) is 0 Å². The number of halogens is 3. The van der Waals surface area contributed by atoms with Gasteiger partial charge in [0.05, 0.1) is 29.2 Å². The van der Waals surface area contributed by atoms with Gasteiger partial charge in [-0.25, -0.2) is 4.39 Å². The molecule has 1 saturated carbocycles. The summed E-state index contributed by atoms with van der Waals surface area (Å²) < 4.78 is 44.7. The number of pyridine rings is 1. The molecule has 0 spiro atoms. The average molecular weight is 515 g/mol. The molecule has 37 heavy (non-hydrogen) atoms. The number of hydrogen-bond acceptors (Lipinski definition) is 7. The fourth-order valence-electron chi connectivity index (χ4n) is 5.05. The molecule has 1 aliphatic carbocycles. The lowest BCUT2D eigenvalue weighted by Gasteiger charge is -2.44. The second-order valence-corrected chi connectivity index (χ2v) is 9.61. The molecule has 11 heteroatoms. The standard InChI is InChI=1S/C26H29F3N6O2/c1-33(20-9-11-34(12-10-20)21-3-2-4-21)22-8-6-18(27)13-23(22)35(16-36)15-19-7-5-17(14-30-19)25-31-32-26(37-25)24(28)29/h5-8,13-14,16,20-21,24H,2-4,9-12,15H2,1H3. The zero-order chi connectivity index (χ0) is 25.9. The fourth-order valence-corrected chi connectivity index (χ4v) is 5.05. The minimum Gasteiger partial charge on any atom is -0.415 e. The van der Waals surface area contributed by atoms with E-state index in [1.807, 2.05) is 7.05 Å². The van der Waals surface area contributed by atoms with E-state index < -0.39 is 18.1 Å². The molecule has 0 N–H and O–H groups in total.